The van der Waals surface area contributed by atoms with Crippen molar-refractivity contribution in [3.8, 4) is 17.6 Å². The lowest BCUT2D eigenvalue weighted by molar-refractivity contribution is -0.124. The molecule has 2 aromatic rings. The van der Waals surface area contributed by atoms with Gasteiger partial charge in [-0.3, -0.25) is 4.79 Å². The average molecular weight is 379 g/mol. The van der Waals surface area contributed by atoms with Gasteiger partial charge < -0.3 is 14.8 Å². The number of carbonyl (C=O) groups excluding carboxylic acids is 1. The summed E-state index contributed by atoms with van der Waals surface area (Å²) in [5.41, 5.74) is 0.358. The van der Waals surface area contributed by atoms with Gasteiger partial charge in [0.15, 0.2) is 18.1 Å². The Morgan fingerprint density at radius 2 is 2.20 bits per heavy atom. The highest BCUT2D eigenvalue weighted by Crippen LogP contribution is 2.36. The predicted octanol–water partition coefficient (Wildman–Crippen LogP) is 4.17. The molecular weight excluding hydrogens is 360 g/mol. The third-order valence-electron chi connectivity index (χ3n) is 3.54. The second kappa shape index (κ2) is 8.75. The molecule has 5 nitrogen and oxygen atoms in total. The van der Waals surface area contributed by atoms with Crippen LogP contribution in [0.15, 0.2) is 29.6 Å². The zero-order valence-electron chi connectivity index (χ0n) is 14.2. The van der Waals surface area contributed by atoms with Crippen LogP contribution in [-0.4, -0.2) is 19.6 Å². The van der Waals surface area contributed by atoms with Crippen molar-refractivity contribution in [2.75, 3.05) is 13.7 Å². The van der Waals surface area contributed by atoms with Gasteiger partial charge in [-0.15, -0.1) is 11.3 Å². The number of carbonyl (C=O) groups is 1. The number of thiophene rings is 1. The van der Waals surface area contributed by atoms with Gasteiger partial charge >= 0.3 is 0 Å². The van der Waals surface area contributed by atoms with Crippen molar-refractivity contribution < 1.29 is 14.3 Å². The number of methoxy groups -OCH3 is 1. The van der Waals surface area contributed by atoms with Crippen LogP contribution in [0, 0.1) is 17.2 Å². The quantitative estimate of drug-likeness (QED) is 0.784. The summed E-state index contributed by atoms with van der Waals surface area (Å²) in [6.07, 6.45) is 0. The van der Waals surface area contributed by atoms with Crippen molar-refractivity contribution in [2.24, 2.45) is 5.92 Å². The van der Waals surface area contributed by atoms with Crippen LogP contribution in [0.5, 0.6) is 11.5 Å². The van der Waals surface area contributed by atoms with E-state index in [4.69, 9.17) is 26.3 Å². The highest BCUT2D eigenvalue weighted by atomic mass is 35.5. The average Bonchev–Trinajstić information content (AvgIpc) is 3.11. The molecule has 1 N–H and O–H groups in total. The molecule has 0 aliphatic rings. The van der Waals surface area contributed by atoms with Crippen LogP contribution in [0.3, 0.4) is 0 Å². The van der Waals surface area contributed by atoms with Crippen molar-refractivity contribution in [1.29, 1.82) is 5.26 Å². The lowest BCUT2D eigenvalue weighted by Gasteiger charge is -2.21. The zero-order chi connectivity index (χ0) is 18.4. The van der Waals surface area contributed by atoms with Gasteiger partial charge in [-0.25, -0.2) is 0 Å². The van der Waals surface area contributed by atoms with E-state index in [0.29, 0.717) is 11.3 Å². The largest absolute Gasteiger partial charge is 0.493 e. The van der Waals surface area contributed by atoms with Crippen molar-refractivity contribution >= 4 is 28.8 Å². The van der Waals surface area contributed by atoms with Gasteiger partial charge in [-0.05, 0) is 23.4 Å². The molecule has 132 valence electrons. The monoisotopic (exact) mass is 378 g/mol. The van der Waals surface area contributed by atoms with E-state index < -0.39 is 0 Å². The van der Waals surface area contributed by atoms with Gasteiger partial charge in [0.1, 0.15) is 0 Å². The van der Waals surface area contributed by atoms with Crippen molar-refractivity contribution in [3.05, 3.63) is 45.1 Å². The van der Waals surface area contributed by atoms with Crippen LogP contribution < -0.4 is 14.8 Å². The number of nitriles is 1. The molecule has 25 heavy (non-hydrogen) atoms. The Morgan fingerprint density at radius 1 is 1.44 bits per heavy atom. The second-order valence-electron chi connectivity index (χ2n) is 5.69. The highest BCUT2D eigenvalue weighted by molar-refractivity contribution is 7.10. The van der Waals surface area contributed by atoms with E-state index in [1.54, 1.807) is 11.3 Å². The summed E-state index contributed by atoms with van der Waals surface area (Å²) >= 11 is 7.73. The minimum Gasteiger partial charge on any atom is -0.493 e. The van der Waals surface area contributed by atoms with Gasteiger partial charge in [0.2, 0.25) is 0 Å². The Labute approximate surface area is 156 Å². The molecule has 0 saturated carbocycles. The Balaban J connectivity index is 2.06. The molecule has 1 aromatic heterocycles. The standard InChI is InChI=1S/C18H19ClN2O3S/c1-11(2)17(15-5-4-6-25-15)21-16(22)10-24-18-13(19)7-12(9-20)8-14(18)23-3/h4-8,11,17H,10H2,1-3H3,(H,21,22)/t17-/m0/s1. The predicted molar refractivity (Wildman–Crippen MR) is 98.3 cm³/mol. The molecule has 7 heteroatoms. The molecule has 0 fully saturated rings. The molecule has 0 aliphatic heterocycles. The molecule has 1 aromatic carbocycles. The van der Waals surface area contributed by atoms with Crippen LogP contribution in [0.1, 0.15) is 30.3 Å². The molecular formula is C18H19ClN2O3S. The first-order chi connectivity index (χ1) is 12.0. The van der Waals surface area contributed by atoms with E-state index in [2.05, 4.69) is 5.32 Å². The van der Waals surface area contributed by atoms with Gasteiger partial charge in [0.25, 0.3) is 5.91 Å². The van der Waals surface area contributed by atoms with E-state index in [9.17, 15) is 4.79 Å². The minimum atomic E-state index is -0.255. The van der Waals surface area contributed by atoms with Crippen LogP contribution in [0.4, 0.5) is 0 Å². The van der Waals surface area contributed by atoms with Gasteiger partial charge in [-0.1, -0.05) is 31.5 Å². The first-order valence-corrected chi connectivity index (χ1v) is 8.95. The molecule has 0 spiro atoms. The van der Waals surface area contributed by atoms with Crippen LogP contribution >= 0.6 is 22.9 Å². The van der Waals surface area contributed by atoms with Crippen LogP contribution in [-0.2, 0) is 4.79 Å². The summed E-state index contributed by atoms with van der Waals surface area (Å²) in [7, 11) is 1.45. The SMILES string of the molecule is COc1cc(C#N)cc(Cl)c1OCC(=O)N[C@H](c1cccs1)C(C)C. The Hall–Kier alpha value is -2.23. The molecule has 0 unspecified atom stereocenters. The van der Waals surface area contributed by atoms with E-state index in [0.717, 1.165) is 4.88 Å². The number of benzene rings is 1. The Bertz CT molecular complexity index is 769. The van der Waals surface area contributed by atoms with Gasteiger partial charge in [-0.2, -0.15) is 5.26 Å². The van der Waals surface area contributed by atoms with Crippen molar-refractivity contribution in [1.82, 2.24) is 5.32 Å². The first-order valence-electron chi connectivity index (χ1n) is 7.69. The fraction of sp³-hybridized carbons (Fsp3) is 0.333. The third kappa shape index (κ3) is 4.88. The summed E-state index contributed by atoms with van der Waals surface area (Å²) in [5.74, 6) is 0.552. The summed E-state index contributed by atoms with van der Waals surface area (Å²) < 4.78 is 10.7. The Morgan fingerprint density at radius 3 is 2.76 bits per heavy atom. The maximum atomic E-state index is 12.3. The van der Waals surface area contributed by atoms with Gasteiger partial charge in [0, 0.05) is 10.9 Å². The fourth-order valence-corrected chi connectivity index (χ4v) is 3.53. The maximum Gasteiger partial charge on any atom is 0.258 e. The number of nitrogens with one attached hydrogen (secondary N) is 1. The van der Waals surface area contributed by atoms with Gasteiger partial charge in [0.05, 0.1) is 29.8 Å². The smallest absolute Gasteiger partial charge is 0.258 e. The number of amides is 1. The number of hydrogen-bond acceptors (Lipinski definition) is 5. The lowest BCUT2D eigenvalue weighted by atomic mass is 10.0. The maximum absolute atomic E-state index is 12.3. The van der Waals surface area contributed by atoms with E-state index in [1.165, 1.54) is 19.2 Å². The van der Waals surface area contributed by atoms with Crippen LogP contribution in [0.2, 0.25) is 5.02 Å². The number of nitrogens with zero attached hydrogens (tertiary/aromatic N) is 1. The fourth-order valence-electron chi connectivity index (χ4n) is 2.31. The first kappa shape index (κ1) is 19.1. The second-order valence-corrected chi connectivity index (χ2v) is 7.08. The molecule has 0 saturated heterocycles. The zero-order valence-corrected chi connectivity index (χ0v) is 15.8. The topological polar surface area (TPSA) is 71.3 Å². The van der Waals surface area contributed by atoms with Crippen molar-refractivity contribution in [3.63, 3.8) is 0 Å². The molecule has 1 atom stereocenters. The van der Waals surface area contributed by atoms with Crippen LogP contribution in [0.25, 0.3) is 0 Å². The summed E-state index contributed by atoms with van der Waals surface area (Å²) in [4.78, 5) is 13.4. The highest BCUT2D eigenvalue weighted by Gasteiger charge is 2.20. The van der Waals surface area contributed by atoms with E-state index in [-0.39, 0.29) is 35.2 Å². The molecule has 1 amide bonds. The minimum absolute atomic E-state index is 0.0746. The normalized spacial score (nSPS) is 11.7. The molecule has 1 heterocycles. The van der Waals surface area contributed by atoms with E-state index in [1.807, 2.05) is 37.4 Å². The number of halogens is 1. The summed E-state index contributed by atoms with van der Waals surface area (Å²) in [5, 5.41) is 14.1. The third-order valence-corrected chi connectivity index (χ3v) is 4.78. The number of hydrogen-bond donors (Lipinski definition) is 1. The molecule has 0 bridgehead atoms. The molecule has 0 aliphatic carbocycles. The lowest BCUT2D eigenvalue weighted by Crippen LogP contribution is -2.34. The molecule has 2 rings (SSSR count). The number of rotatable bonds is 7. The van der Waals surface area contributed by atoms with Crippen molar-refractivity contribution in [2.45, 2.75) is 19.9 Å². The summed E-state index contributed by atoms with van der Waals surface area (Å²) in [6.45, 7) is 3.90. The number of ether oxygens (including phenoxy) is 2. The molecule has 0 radical (unpaired) electrons. The van der Waals surface area contributed by atoms with E-state index >= 15 is 0 Å². The summed E-state index contributed by atoms with van der Waals surface area (Å²) in [6, 6.07) is 8.86. The Kier molecular flexibility index (Phi) is 6.68.